The Bertz CT molecular complexity index is 284. The maximum absolute atomic E-state index is 9.33. The largest absolute Gasteiger partial charge is 0.301 e. The molecule has 0 bridgehead atoms. The van der Waals surface area contributed by atoms with E-state index in [0.717, 1.165) is 18.9 Å². The Morgan fingerprint density at radius 1 is 1.44 bits per heavy atom. The first-order valence-corrected chi connectivity index (χ1v) is 7.41. The second-order valence-electron chi connectivity index (χ2n) is 6.10. The predicted octanol–water partition coefficient (Wildman–Crippen LogP) is 2.78. The third kappa shape index (κ3) is 4.59. The zero-order valence-electron chi connectivity index (χ0n) is 12.5. The first-order chi connectivity index (χ1) is 8.50. The van der Waals surface area contributed by atoms with Crippen molar-refractivity contribution < 1.29 is 0 Å². The highest BCUT2D eigenvalue weighted by atomic mass is 15.2. The molecule has 1 rings (SSSR count). The Morgan fingerprint density at radius 3 is 2.78 bits per heavy atom. The second kappa shape index (κ2) is 7.11. The lowest BCUT2D eigenvalue weighted by Gasteiger charge is -2.33. The van der Waals surface area contributed by atoms with E-state index in [9.17, 15) is 5.26 Å². The number of likely N-dealkylation sites (tertiary alicyclic amines) is 1. The topological polar surface area (TPSA) is 39.1 Å². The van der Waals surface area contributed by atoms with E-state index in [1.165, 1.54) is 32.4 Å². The van der Waals surface area contributed by atoms with Gasteiger partial charge in [0.25, 0.3) is 0 Å². The number of nitrogens with one attached hydrogen (secondary N) is 1. The van der Waals surface area contributed by atoms with E-state index in [1.807, 2.05) is 6.92 Å². The van der Waals surface area contributed by atoms with Crippen LogP contribution in [-0.2, 0) is 0 Å². The van der Waals surface area contributed by atoms with Crippen molar-refractivity contribution in [1.82, 2.24) is 10.2 Å². The van der Waals surface area contributed by atoms with Gasteiger partial charge in [0.1, 0.15) is 5.54 Å². The van der Waals surface area contributed by atoms with Crippen LogP contribution < -0.4 is 5.32 Å². The molecule has 0 saturated carbocycles. The molecule has 3 unspecified atom stereocenters. The molecule has 0 aromatic carbocycles. The van der Waals surface area contributed by atoms with E-state index < -0.39 is 0 Å². The van der Waals surface area contributed by atoms with Crippen molar-refractivity contribution in [3.63, 3.8) is 0 Å². The van der Waals surface area contributed by atoms with E-state index in [-0.39, 0.29) is 5.54 Å². The number of nitrogens with zero attached hydrogens (tertiary/aromatic N) is 2. The van der Waals surface area contributed by atoms with Crippen LogP contribution in [0.4, 0.5) is 0 Å². The van der Waals surface area contributed by atoms with Crippen molar-refractivity contribution in [1.29, 1.82) is 5.26 Å². The van der Waals surface area contributed by atoms with Gasteiger partial charge in [0.15, 0.2) is 0 Å². The molecule has 104 valence electrons. The standard InChI is InChI=1S/C15H29N3/c1-5-17-15(4,12-16)11-14(3)18-9-6-7-13(2)8-10-18/h13-14,17H,5-11H2,1-4H3. The van der Waals surface area contributed by atoms with E-state index in [4.69, 9.17) is 0 Å². The van der Waals surface area contributed by atoms with Gasteiger partial charge >= 0.3 is 0 Å². The van der Waals surface area contributed by atoms with Crippen LogP contribution in [0.5, 0.6) is 0 Å². The van der Waals surface area contributed by atoms with Gasteiger partial charge in [0, 0.05) is 6.04 Å². The van der Waals surface area contributed by atoms with Gasteiger partial charge in [0.2, 0.25) is 0 Å². The maximum atomic E-state index is 9.33. The van der Waals surface area contributed by atoms with Gasteiger partial charge in [0.05, 0.1) is 6.07 Å². The third-order valence-electron chi connectivity index (χ3n) is 4.19. The SMILES string of the molecule is CCNC(C)(C#N)CC(C)N1CCCC(C)CC1. The van der Waals surface area contributed by atoms with Crippen LogP contribution in [0.1, 0.15) is 53.4 Å². The van der Waals surface area contributed by atoms with Gasteiger partial charge in [-0.05, 0) is 65.1 Å². The Kier molecular flexibility index (Phi) is 6.11. The Labute approximate surface area is 113 Å². The molecule has 1 fully saturated rings. The van der Waals surface area contributed by atoms with Gasteiger partial charge in [-0.3, -0.25) is 5.32 Å². The summed E-state index contributed by atoms with van der Waals surface area (Å²) in [6.07, 6.45) is 4.86. The minimum atomic E-state index is -0.383. The van der Waals surface area contributed by atoms with Crippen molar-refractivity contribution in [2.75, 3.05) is 19.6 Å². The summed E-state index contributed by atoms with van der Waals surface area (Å²) in [6, 6.07) is 2.92. The molecule has 0 radical (unpaired) electrons. The Morgan fingerprint density at radius 2 is 2.17 bits per heavy atom. The first-order valence-electron chi connectivity index (χ1n) is 7.41. The molecule has 1 saturated heterocycles. The van der Waals surface area contributed by atoms with Crippen LogP contribution in [0.2, 0.25) is 0 Å². The summed E-state index contributed by atoms with van der Waals surface area (Å²) in [4.78, 5) is 2.57. The fourth-order valence-corrected chi connectivity index (χ4v) is 2.99. The highest BCUT2D eigenvalue weighted by Crippen LogP contribution is 2.22. The minimum Gasteiger partial charge on any atom is -0.301 e. The van der Waals surface area contributed by atoms with Crippen molar-refractivity contribution >= 4 is 0 Å². The van der Waals surface area contributed by atoms with E-state index in [2.05, 4.69) is 37.1 Å². The molecule has 0 aromatic rings. The molecule has 3 heteroatoms. The zero-order chi connectivity index (χ0) is 13.6. The number of rotatable bonds is 5. The molecule has 3 nitrogen and oxygen atoms in total. The van der Waals surface area contributed by atoms with Crippen LogP contribution in [0, 0.1) is 17.2 Å². The van der Waals surface area contributed by atoms with Gasteiger partial charge in [-0.1, -0.05) is 13.8 Å². The molecular weight excluding hydrogens is 222 g/mol. The lowest BCUT2D eigenvalue weighted by molar-refractivity contribution is 0.181. The molecule has 18 heavy (non-hydrogen) atoms. The second-order valence-corrected chi connectivity index (χ2v) is 6.10. The quantitative estimate of drug-likeness (QED) is 0.816. The average Bonchev–Trinajstić information content (AvgIpc) is 2.54. The van der Waals surface area contributed by atoms with Crippen LogP contribution >= 0.6 is 0 Å². The highest BCUT2D eigenvalue weighted by Gasteiger charge is 2.28. The summed E-state index contributed by atoms with van der Waals surface area (Å²) in [6.45, 7) is 11.9. The van der Waals surface area contributed by atoms with Crippen LogP contribution in [0.25, 0.3) is 0 Å². The molecule has 0 aliphatic carbocycles. The lowest BCUT2D eigenvalue weighted by atomic mass is 9.94. The van der Waals surface area contributed by atoms with Crippen molar-refractivity contribution in [3.8, 4) is 6.07 Å². The maximum Gasteiger partial charge on any atom is 0.105 e. The van der Waals surface area contributed by atoms with Gasteiger partial charge in [-0.15, -0.1) is 0 Å². The molecule has 0 aromatic heterocycles. The lowest BCUT2D eigenvalue weighted by Crippen LogP contribution is -2.47. The Hall–Kier alpha value is -0.590. The highest BCUT2D eigenvalue weighted by molar-refractivity contribution is 5.05. The molecular formula is C15H29N3. The fraction of sp³-hybridized carbons (Fsp3) is 0.933. The van der Waals surface area contributed by atoms with Crippen molar-refractivity contribution in [2.24, 2.45) is 5.92 Å². The molecule has 1 aliphatic rings. The number of hydrogen-bond acceptors (Lipinski definition) is 3. The number of nitriles is 1. The third-order valence-corrected chi connectivity index (χ3v) is 4.19. The summed E-state index contributed by atoms with van der Waals surface area (Å²) < 4.78 is 0. The Balaban J connectivity index is 2.53. The van der Waals surface area contributed by atoms with E-state index >= 15 is 0 Å². The molecule has 1 aliphatic heterocycles. The monoisotopic (exact) mass is 251 g/mol. The summed E-state index contributed by atoms with van der Waals surface area (Å²) in [7, 11) is 0. The molecule has 1 heterocycles. The van der Waals surface area contributed by atoms with Crippen LogP contribution in [0.15, 0.2) is 0 Å². The smallest absolute Gasteiger partial charge is 0.105 e. The normalized spacial score (nSPS) is 26.9. The average molecular weight is 251 g/mol. The summed E-state index contributed by atoms with van der Waals surface area (Å²) in [5.74, 6) is 0.860. The molecule has 3 atom stereocenters. The van der Waals surface area contributed by atoms with Gasteiger partial charge in [-0.25, -0.2) is 0 Å². The summed E-state index contributed by atoms with van der Waals surface area (Å²) in [5.41, 5.74) is -0.383. The van der Waals surface area contributed by atoms with Gasteiger partial charge < -0.3 is 4.90 Å². The van der Waals surface area contributed by atoms with Crippen molar-refractivity contribution in [2.45, 2.75) is 65.0 Å². The van der Waals surface area contributed by atoms with Gasteiger partial charge in [-0.2, -0.15) is 5.26 Å². The zero-order valence-corrected chi connectivity index (χ0v) is 12.5. The van der Waals surface area contributed by atoms with E-state index in [0.29, 0.717) is 6.04 Å². The minimum absolute atomic E-state index is 0.383. The molecule has 1 N–H and O–H groups in total. The van der Waals surface area contributed by atoms with Crippen molar-refractivity contribution in [3.05, 3.63) is 0 Å². The molecule has 0 amide bonds. The van der Waals surface area contributed by atoms with E-state index in [1.54, 1.807) is 0 Å². The first kappa shape index (κ1) is 15.5. The summed E-state index contributed by atoms with van der Waals surface area (Å²) >= 11 is 0. The van der Waals surface area contributed by atoms with Crippen LogP contribution in [-0.4, -0.2) is 36.1 Å². The predicted molar refractivity (Wildman–Crippen MR) is 76.4 cm³/mol. The van der Waals surface area contributed by atoms with Crippen LogP contribution in [0.3, 0.4) is 0 Å². The summed E-state index contributed by atoms with van der Waals surface area (Å²) in [5, 5.41) is 12.6. The molecule has 0 spiro atoms. The number of hydrogen-bond donors (Lipinski definition) is 1. The fourth-order valence-electron chi connectivity index (χ4n) is 2.99.